The Morgan fingerprint density at radius 1 is 0.419 bits per heavy atom. The molecule has 3 heteroatoms. The third-order valence-corrected chi connectivity index (χ3v) is 10.1. The average Bonchev–Trinajstić information content (AvgIpc) is 3.60. The molecular formula is C40H23NOS. The molecule has 2 heterocycles. The average molecular weight is 566 g/mol. The zero-order valence-corrected chi connectivity index (χ0v) is 23.9. The molecule has 0 atom stereocenters. The molecule has 0 fully saturated rings. The largest absolute Gasteiger partial charge is 0.456 e. The highest BCUT2D eigenvalue weighted by Gasteiger charge is 2.26. The van der Waals surface area contributed by atoms with Crippen LogP contribution >= 0.6 is 11.3 Å². The molecule has 0 spiro atoms. The fourth-order valence-electron chi connectivity index (χ4n) is 7.19. The molecule has 1 aliphatic rings. The first kappa shape index (κ1) is 23.2. The molecule has 0 saturated carbocycles. The SMILES string of the molecule is c1ccc(N(c2ccccc2)c2ccc(-c3ccc4sc5ccc6ccc7oc8cccc9c8c7c6c5c4c3-9)cc2)cc1. The van der Waals surface area contributed by atoms with E-state index in [9.17, 15) is 0 Å². The van der Waals surface area contributed by atoms with Gasteiger partial charge in [-0.05, 0) is 88.3 Å². The van der Waals surface area contributed by atoms with Crippen LogP contribution in [-0.2, 0) is 0 Å². The molecule has 0 bridgehead atoms. The van der Waals surface area contributed by atoms with E-state index in [-0.39, 0.29) is 0 Å². The summed E-state index contributed by atoms with van der Waals surface area (Å²) in [6, 6.07) is 50.3. The van der Waals surface area contributed by atoms with Gasteiger partial charge < -0.3 is 9.32 Å². The van der Waals surface area contributed by atoms with Crippen LogP contribution in [0.4, 0.5) is 17.1 Å². The van der Waals surface area contributed by atoms with Gasteiger partial charge in [0.05, 0.1) is 0 Å². The van der Waals surface area contributed by atoms with Gasteiger partial charge in [0, 0.05) is 53.4 Å². The minimum absolute atomic E-state index is 0.950. The van der Waals surface area contributed by atoms with E-state index in [1.807, 2.05) is 11.3 Å². The number of nitrogens with zero attached hydrogens (tertiary/aromatic N) is 1. The van der Waals surface area contributed by atoms with E-state index >= 15 is 0 Å². The molecule has 200 valence electrons. The van der Waals surface area contributed by atoms with Gasteiger partial charge in [0.15, 0.2) is 0 Å². The molecule has 10 rings (SSSR count). The Hall–Kier alpha value is -5.38. The van der Waals surface area contributed by atoms with Crippen LogP contribution in [0.5, 0.6) is 0 Å². The lowest BCUT2D eigenvalue weighted by Crippen LogP contribution is -2.09. The molecule has 1 aliphatic carbocycles. The topological polar surface area (TPSA) is 16.4 Å². The van der Waals surface area contributed by atoms with E-state index in [1.54, 1.807) is 0 Å². The van der Waals surface area contributed by atoms with Crippen LogP contribution in [0.1, 0.15) is 0 Å². The van der Waals surface area contributed by atoms with Gasteiger partial charge in [-0.15, -0.1) is 11.3 Å². The fourth-order valence-corrected chi connectivity index (χ4v) is 8.32. The van der Waals surface area contributed by atoms with Gasteiger partial charge in [-0.1, -0.05) is 78.9 Å². The molecule has 7 aromatic carbocycles. The number of thiophene rings is 1. The number of rotatable bonds is 4. The second kappa shape index (κ2) is 8.57. The number of fused-ring (bicyclic) bond motifs is 1. The summed E-state index contributed by atoms with van der Waals surface area (Å²) in [5.74, 6) is 0. The molecule has 0 aliphatic heterocycles. The second-order valence-corrected chi connectivity index (χ2v) is 12.4. The van der Waals surface area contributed by atoms with Gasteiger partial charge in [0.1, 0.15) is 11.2 Å². The number of hydrogen-bond acceptors (Lipinski definition) is 3. The number of benzene rings is 7. The predicted octanol–water partition coefficient (Wildman–Crippen LogP) is 12.2. The van der Waals surface area contributed by atoms with E-state index in [0.29, 0.717) is 0 Å². The molecule has 0 N–H and O–H groups in total. The Morgan fingerprint density at radius 2 is 1.07 bits per heavy atom. The lowest BCUT2D eigenvalue weighted by atomic mass is 9.90. The Kier molecular flexibility index (Phi) is 4.63. The van der Waals surface area contributed by atoms with E-state index in [1.165, 1.54) is 64.0 Å². The van der Waals surface area contributed by atoms with Crippen molar-refractivity contribution in [2.24, 2.45) is 0 Å². The van der Waals surface area contributed by atoms with Gasteiger partial charge in [0.2, 0.25) is 0 Å². The molecule has 0 unspecified atom stereocenters. The van der Waals surface area contributed by atoms with Crippen molar-refractivity contribution in [3.05, 3.63) is 140 Å². The third kappa shape index (κ3) is 3.17. The van der Waals surface area contributed by atoms with Crippen LogP contribution in [0, 0.1) is 0 Å². The van der Waals surface area contributed by atoms with Crippen molar-refractivity contribution in [1.29, 1.82) is 0 Å². The third-order valence-electron chi connectivity index (χ3n) is 8.98. The van der Waals surface area contributed by atoms with Crippen LogP contribution in [0.3, 0.4) is 0 Å². The Bertz CT molecular complexity index is 2500. The zero-order chi connectivity index (χ0) is 28.1. The maximum Gasteiger partial charge on any atom is 0.136 e. The van der Waals surface area contributed by atoms with E-state index in [0.717, 1.165) is 28.2 Å². The highest BCUT2D eigenvalue weighted by atomic mass is 32.1. The van der Waals surface area contributed by atoms with E-state index < -0.39 is 0 Å². The van der Waals surface area contributed by atoms with Gasteiger partial charge in [0.25, 0.3) is 0 Å². The molecule has 0 amide bonds. The predicted molar refractivity (Wildman–Crippen MR) is 183 cm³/mol. The first-order valence-corrected chi connectivity index (χ1v) is 15.4. The number of anilines is 3. The maximum absolute atomic E-state index is 6.46. The summed E-state index contributed by atoms with van der Waals surface area (Å²) in [5.41, 5.74) is 10.3. The number of hydrogen-bond donors (Lipinski definition) is 0. The minimum atomic E-state index is 0.950. The van der Waals surface area contributed by atoms with Crippen LogP contribution in [0.2, 0.25) is 0 Å². The van der Waals surface area contributed by atoms with Crippen molar-refractivity contribution in [3.8, 4) is 22.3 Å². The van der Waals surface area contributed by atoms with Gasteiger partial charge >= 0.3 is 0 Å². The summed E-state index contributed by atoms with van der Waals surface area (Å²) in [6.07, 6.45) is 0. The van der Waals surface area contributed by atoms with Gasteiger partial charge in [-0.3, -0.25) is 0 Å². The van der Waals surface area contributed by atoms with Crippen molar-refractivity contribution >= 4 is 81.3 Å². The van der Waals surface area contributed by atoms with E-state index in [4.69, 9.17) is 4.42 Å². The van der Waals surface area contributed by atoms with Crippen LogP contribution in [-0.4, -0.2) is 0 Å². The van der Waals surface area contributed by atoms with Crippen LogP contribution < -0.4 is 4.90 Å². The lowest BCUT2D eigenvalue weighted by Gasteiger charge is -2.25. The maximum atomic E-state index is 6.46. The summed E-state index contributed by atoms with van der Waals surface area (Å²) >= 11 is 1.89. The van der Waals surface area contributed by atoms with Crippen molar-refractivity contribution in [3.63, 3.8) is 0 Å². The van der Waals surface area contributed by atoms with Crippen molar-refractivity contribution < 1.29 is 4.42 Å². The summed E-state index contributed by atoms with van der Waals surface area (Å²) in [7, 11) is 0. The number of furan rings is 1. The van der Waals surface area contributed by atoms with E-state index in [2.05, 4.69) is 144 Å². The van der Waals surface area contributed by atoms with Gasteiger partial charge in [-0.2, -0.15) is 0 Å². The zero-order valence-electron chi connectivity index (χ0n) is 23.0. The summed E-state index contributed by atoms with van der Waals surface area (Å²) in [4.78, 5) is 2.31. The van der Waals surface area contributed by atoms with Crippen molar-refractivity contribution in [2.75, 3.05) is 4.90 Å². The quantitative estimate of drug-likeness (QED) is 0.211. The van der Waals surface area contributed by atoms with Crippen LogP contribution in [0.25, 0.3) is 75.1 Å². The fraction of sp³-hybridized carbons (Fsp3) is 0. The Morgan fingerprint density at radius 3 is 1.84 bits per heavy atom. The molecular weight excluding hydrogens is 543 g/mol. The number of para-hydroxylation sites is 2. The first-order chi connectivity index (χ1) is 21.3. The van der Waals surface area contributed by atoms with Crippen LogP contribution in [0.15, 0.2) is 144 Å². The second-order valence-electron chi connectivity index (χ2n) is 11.3. The Balaban J connectivity index is 1.24. The lowest BCUT2D eigenvalue weighted by molar-refractivity contribution is 0.669. The summed E-state index contributed by atoms with van der Waals surface area (Å²) < 4.78 is 9.11. The highest BCUT2D eigenvalue weighted by Crippen LogP contribution is 2.54. The highest BCUT2D eigenvalue weighted by molar-refractivity contribution is 7.26. The molecule has 9 aromatic rings. The summed E-state index contributed by atoms with van der Waals surface area (Å²) in [5, 5.41) is 7.77. The molecule has 0 saturated heterocycles. The first-order valence-electron chi connectivity index (χ1n) is 14.6. The normalized spacial score (nSPS) is 12.2. The van der Waals surface area contributed by atoms with Crippen molar-refractivity contribution in [2.45, 2.75) is 0 Å². The molecule has 2 aromatic heterocycles. The molecule has 43 heavy (non-hydrogen) atoms. The summed E-state index contributed by atoms with van der Waals surface area (Å²) in [6.45, 7) is 0. The monoisotopic (exact) mass is 565 g/mol. The van der Waals surface area contributed by atoms with Gasteiger partial charge in [-0.25, -0.2) is 0 Å². The molecule has 2 nitrogen and oxygen atoms in total. The Labute approximate surface area is 251 Å². The minimum Gasteiger partial charge on any atom is -0.456 e. The molecule has 0 radical (unpaired) electrons. The van der Waals surface area contributed by atoms with Crippen molar-refractivity contribution in [1.82, 2.24) is 0 Å². The smallest absolute Gasteiger partial charge is 0.136 e. The standard InChI is InChI=1S/C40H23NOS/c1-3-8-26(9-4-1)41(27-10-5-2-6-11-27)28-18-14-24(15-19-28)29-20-23-34-40-36(29)30-12-7-13-31-37(30)38-32(42-31)21-16-25-17-22-33(43-34)39(40)35(25)38/h1-23H.